The van der Waals surface area contributed by atoms with Crippen molar-refractivity contribution in [3.05, 3.63) is 65.2 Å². The van der Waals surface area contributed by atoms with Gasteiger partial charge in [0, 0.05) is 12.0 Å². The smallest absolute Gasteiger partial charge is 0.416 e. The monoisotopic (exact) mass is 366 g/mol. The Bertz CT molecular complexity index is 789. The van der Waals surface area contributed by atoms with E-state index in [2.05, 4.69) is 5.32 Å². The Morgan fingerprint density at radius 1 is 1.15 bits per heavy atom. The van der Waals surface area contributed by atoms with Gasteiger partial charge in [-0.05, 0) is 42.0 Å². The average molecular weight is 366 g/mol. The molecule has 5 nitrogen and oxygen atoms in total. The van der Waals surface area contributed by atoms with Crippen LogP contribution < -0.4 is 15.8 Å². The van der Waals surface area contributed by atoms with Gasteiger partial charge in [0.2, 0.25) is 5.91 Å². The fraction of sp³-hybridized carbons (Fsp3) is 0.222. The summed E-state index contributed by atoms with van der Waals surface area (Å²) in [6, 6.07) is 9.56. The topological polar surface area (TPSA) is 81.4 Å². The Labute approximate surface area is 148 Å². The molecule has 8 heteroatoms. The molecule has 0 radical (unpaired) electrons. The van der Waals surface area contributed by atoms with Gasteiger partial charge in [0.25, 0.3) is 5.91 Å². The first-order valence-corrected chi connectivity index (χ1v) is 7.61. The number of carbonyl (C=O) groups is 2. The highest BCUT2D eigenvalue weighted by Crippen LogP contribution is 2.29. The van der Waals surface area contributed by atoms with E-state index in [4.69, 9.17) is 10.5 Å². The van der Waals surface area contributed by atoms with Crippen LogP contribution in [0.25, 0.3) is 0 Å². The summed E-state index contributed by atoms with van der Waals surface area (Å²) in [5.41, 5.74) is 5.17. The fourth-order valence-electron chi connectivity index (χ4n) is 2.31. The summed E-state index contributed by atoms with van der Waals surface area (Å²) in [4.78, 5) is 23.8. The van der Waals surface area contributed by atoms with Crippen LogP contribution in [0.15, 0.2) is 48.5 Å². The summed E-state index contributed by atoms with van der Waals surface area (Å²) in [6.45, 7) is 0. The number of benzene rings is 2. The van der Waals surface area contributed by atoms with Gasteiger partial charge < -0.3 is 15.8 Å². The van der Waals surface area contributed by atoms with Gasteiger partial charge in [-0.25, -0.2) is 0 Å². The molecule has 2 aromatic carbocycles. The maximum atomic E-state index is 12.6. The molecule has 0 fully saturated rings. The van der Waals surface area contributed by atoms with Crippen molar-refractivity contribution in [2.24, 2.45) is 5.73 Å². The van der Waals surface area contributed by atoms with Crippen molar-refractivity contribution in [3.63, 3.8) is 0 Å². The third kappa shape index (κ3) is 4.98. The zero-order valence-electron chi connectivity index (χ0n) is 13.8. The summed E-state index contributed by atoms with van der Waals surface area (Å²) < 4.78 is 42.8. The molecule has 0 heterocycles. The molecule has 2 rings (SSSR count). The first-order valence-electron chi connectivity index (χ1n) is 7.61. The molecule has 0 aromatic heterocycles. The van der Waals surface area contributed by atoms with Gasteiger partial charge in [0.05, 0.1) is 12.7 Å². The summed E-state index contributed by atoms with van der Waals surface area (Å²) in [5.74, 6) is -0.863. The van der Waals surface area contributed by atoms with Crippen LogP contribution in [0.4, 0.5) is 13.2 Å². The van der Waals surface area contributed by atoms with E-state index in [-0.39, 0.29) is 12.0 Å². The lowest BCUT2D eigenvalue weighted by atomic mass is 10.0. The molecule has 26 heavy (non-hydrogen) atoms. The Morgan fingerprint density at radius 3 is 2.35 bits per heavy atom. The number of hydrogen-bond acceptors (Lipinski definition) is 3. The van der Waals surface area contributed by atoms with Crippen LogP contribution in [0.5, 0.6) is 5.75 Å². The zero-order valence-corrected chi connectivity index (χ0v) is 13.8. The van der Waals surface area contributed by atoms with Gasteiger partial charge in [0.15, 0.2) is 0 Å². The van der Waals surface area contributed by atoms with Crippen LogP contribution in [-0.2, 0) is 17.4 Å². The molecule has 0 aliphatic carbocycles. The molecule has 0 aliphatic heterocycles. The summed E-state index contributed by atoms with van der Waals surface area (Å²) >= 11 is 0. The predicted octanol–water partition coefficient (Wildman–Crippen LogP) is 2.54. The van der Waals surface area contributed by atoms with Crippen molar-refractivity contribution in [3.8, 4) is 5.75 Å². The first-order chi connectivity index (χ1) is 12.2. The van der Waals surface area contributed by atoms with Crippen LogP contribution >= 0.6 is 0 Å². The molecule has 0 saturated heterocycles. The highest BCUT2D eigenvalue weighted by Gasteiger charge is 2.30. The number of nitrogens with two attached hydrogens (primary N) is 1. The highest BCUT2D eigenvalue weighted by molar-refractivity contribution is 5.97. The summed E-state index contributed by atoms with van der Waals surface area (Å²) in [5, 5.41) is 2.44. The predicted molar refractivity (Wildman–Crippen MR) is 88.6 cm³/mol. The van der Waals surface area contributed by atoms with E-state index in [1.165, 1.54) is 7.11 Å². The second-order valence-electron chi connectivity index (χ2n) is 5.56. The summed E-state index contributed by atoms with van der Waals surface area (Å²) in [7, 11) is 1.50. The quantitative estimate of drug-likeness (QED) is 0.824. The number of primary amides is 1. The SMILES string of the molecule is COc1cccc(C[C@@H](NC(=O)c2ccc(C(F)(F)F)cc2)C(N)=O)c1. The third-order valence-corrected chi connectivity index (χ3v) is 3.70. The average Bonchev–Trinajstić information content (AvgIpc) is 2.60. The minimum absolute atomic E-state index is 0.00473. The van der Waals surface area contributed by atoms with Crippen LogP contribution in [0, 0.1) is 0 Å². The number of nitrogens with one attached hydrogen (secondary N) is 1. The molecule has 1 atom stereocenters. The molecule has 138 valence electrons. The second kappa shape index (κ2) is 7.90. The van der Waals surface area contributed by atoms with Gasteiger partial charge in [-0.1, -0.05) is 12.1 Å². The third-order valence-electron chi connectivity index (χ3n) is 3.70. The lowest BCUT2D eigenvalue weighted by molar-refractivity contribution is -0.137. The van der Waals surface area contributed by atoms with Gasteiger partial charge in [0.1, 0.15) is 11.8 Å². The Morgan fingerprint density at radius 2 is 1.81 bits per heavy atom. The Kier molecular flexibility index (Phi) is 5.86. The largest absolute Gasteiger partial charge is 0.497 e. The van der Waals surface area contributed by atoms with E-state index in [0.717, 1.165) is 24.3 Å². The number of methoxy groups -OCH3 is 1. The van der Waals surface area contributed by atoms with E-state index in [9.17, 15) is 22.8 Å². The van der Waals surface area contributed by atoms with E-state index in [1.54, 1.807) is 24.3 Å². The van der Waals surface area contributed by atoms with E-state index in [1.807, 2.05) is 0 Å². The van der Waals surface area contributed by atoms with Crippen molar-refractivity contribution in [1.29, 1.82) is 0 Å². The molecule has 0 bridgehead atoms. The number of rotatable bonds is 6. The Hall–Kier alpha value is -3.03. The number of carbonyl (C=O) groups excluding carboxylic acids is 2. The zero-order chi connectivity index (χ0) is 19.3. The number of amides is 2. The molecule has 3 N–H and O–H groups in total. The molecule has 0 unspecified atom stereocenters. The van der Waals surface area contributed by atoms with Gasteiger partial charge in [-0.3, -0.25) is 9.59 Å². The molecule has 2 amide bonds. The lowest BCUT2D eigenvalue weighted by Crippen LogP contribution is -2.45. The number of hydrogen-bond donors (Lipinski definition) is 2. The Balaban J connectivity index is 2.11. The maximum Gasteiger partial charge on any atom is 0.416 e. The van der Waals surface area contributed by atoms with E-state index in [0.29, 0.717) is 11.3 Å². The molecular formula is C18H17F3N2O3. The molecule has 0 spiro atoms. The van der Waals surface area contributed by atoms with Crippen molar-refractivity contribution in [2.75, 3.05) is 7.11 Å². The minimum Gasteiger partial charge on any atom is -0.497 e. The van der Waals surface area contributed by atoms with Crippen LogP contribution in [0.1, 0.15) is 21.5 Å². The van der Waals surface area contributed by atoms with E-state index < -0.39 is 29.6 Å². The number of alkyl halides is 3. The molecular weight excluding hydrogens is 349 g/mol. The minimum atomic E-state index is -4.49. The van der Waals surface area contributed by atoms with Gasteiger partial charge >= 0.3 is 6.18 Å². The van der Waals surface area contributed by atoms with Crippen LogP contribution in [-0.4, -0.2) is 25.0 Å². The second-order valence-corrected chi connectivity index (χ2v) is 5.56. The maximum absolute atomic E-state index is 12.6. The number of ether oxygens (including phenoxy) is 1. The van der Waals surface area contributed by atoms with Crippen molar-refractivity contribution in [1.82, 2.24) is 5.32 Å². The van der Waals surface area contributed by atoms with E-state index >= 15 is 0 Å². The molecule has 0 aliphatic rings. The lowest BCUT2D eigenvalue weighted by Gasteiger charge is -2.16. The molecule has 2 aromatic rings. The number of halogens is 3. The van der Waals surface area contributed by atoms with Crippen LogP contribution in [0.3, 0.4) is 0 Å². The fourth-order valence-corrected chi connectivity index (χ4v) is 2.31. The van der Waals surface area contributed by atoms with Crippen molar-refractivity contribution in [2.45, 2.75) is 18.6 Å². The van der Waals surface area contributed by atoms with Crippen LogP contribution in [0.2, 0.25) is 0 Å². The van der Waals surface area contributed by atoms with Gasteiger partial charge in [-0.2, -0.15) is 13.2 Å². The first kappa shape index (κ1) is 19.3. The van der Waals surface area contributed by atoms with Gasteiger partial charge in [-0.15, -0.1) is 0 Å². The summed E-state index contributed by atoms with van der Waals surface area (Å²) in [6.07, 6.45) is -4.37. The normalized spacial score (nSPS) is 12.3. The standard InChI is InChI=1S/C18H17F3N2O3/c1-26-14-4-2-3-11(9-14)10-15(16(22)24)23-17(25)12-5-7-13(8-6-12)18(19,20)21/h2-9,15H,10H2,1H3,(H2,22,24)(H,23,25)/t15-/m1/s1. The van der Waals surface area contributed by atoms with Crippen molar-refractivity contribution < 1.29 is 27.5 Å². The highest BCUT2D eigenvalue weighted by atomic mass is 19.4. The van der Waals surface area contributed by atoms with Crippen molar-refractivity contribution >= 4 is 11.8 Å². The molecule has 0 saturated carbocycles.